The summed E-state index contributed by atoms with van der Waals surface area (Å²) >= 11 is 0. The molecule has 0 N–H and O–H groups in total. The summed E-state index contributed by atoms with van der Waals surface area (Å²) in [7, 11) is -4.83. The predicted octanol–water partition coefficient (Wildman–Crippen LogP) is -4.23. The number of carbonyl (C=O) groups is 2. The van der Waals surface area contributed by atoms with Gasteiger partial charge in [0, 0.05) is 0 Å². The molecule has 1 heterocycles. The van der Waals surface area contributed by atoms with Gasteiger partial charge in [-0.15, -0.1) is 0 Å². The molecule has 0 aromatic heterocycles. The molecule has 0 aromatic rings. The molecule has 0 spiro atoms. The van der Waals surface area contributed by atoms with Crippen LogP contribution in [0.4, 0.5) is 0 Å². The van der Waals surface area contributed by atoms with Crippen LogP contribution in [0.5, 0.6) is 0 Å². The molecule has 0 bridgehead atoms. The fraction of sp³-hybridized carbons (Fsp3) is 0.600. The molecule has 0 aromatic carbocycles. The van der Waals surface area contributed by atoms with E-state index >= 15 is 0 Å². The third kappa shape index (κ3) is 1.94. The van der Waals surface area contributed by atoms with Gasteiger partial charge in [0.2, 0.25) is 0 Å². The van der Waals surface area contributed by atoms with Crippen LogP contribution in [-0.4, -0.2) is 29.7 Å². The normalized spacial score (nSPS) is 28.2. The molecular weight excluding hydrogens is 195 g/mol. The number of rotatable bonds is 1. The number of hydrogen-bond acceptors (Lipinski definition) is 6. The van der Waals surface area contributed by atoms with Crippen molar-refractivity contribution in [3.8, 4) is 0 Å². The van der Waals surface area contributed by atoms with E-state index in [0.717, 1.165) is 6.92 Å². The first-order valence-electron chi connectivity index (χ1n) is 2.98. The van der Waals surface area contributed by atoms with Gasteiger partial charge < -0.3 is 9.29 Å². The summed E-state index contributed by atoms with van der Waals surface area (Å²) in [6, 6.07) is 0. The van der Waals surface area contributed by atoms with Gasteiger partial charge in [-0.05, 0) is 6.92 Å². The van der Waals surface area contributed by atoms with Crippen molar-refractivity contribution < 1.29 is 46.2 Å². The maximum atomic E-state index is 10.7. The van der Waals surface area contributed by atoms with Gasteiger partial charge in [0.15, 0.2) is 4.75 Å². The van der Waals surface area contributed by atoms with Crippen LogP contribution in [0.15, 0.2) is 0 Å². The van der Waals surface area contributed by atoms with Crippen LogP contribution in [-0.2, 0) is 24.4 Å². The first-order chi connectivity index (χ1) is 5.27. The van der Waals surface area contributed by atoms with E-state index in [9.17, 15) is 22.6 Å². The molecular formula is C5H5LiO6S. The summed E-state index contributed by atoms with van der Waals surface area (Å²) in [6.07, 6.45) is -0.697. The van der Waals surface area contributed by atoms with Crippen molar-refractivity contribution in [2.75, 3.05) is 0 Å². The quantitative estimate of drug-likeness (QED) is 0.184. The van der Waals surface area contributed by atoms with Crippen LogP contribution in [0.1, 0.15) is 13.3 Å². The summed E-state index contributed by atoms with van der Waals surface area (Å²) in [5.41, 5.74) is 0. The average molecular weight is 200 g/mol. The Hall–Kier alpha value is -0.353. The minimum Gasteiger partial charge on any atom is -0.747 e. The SMILES string of the molecule is CC1(S(=O)(=O)[O-])CC(=O)OC1=O.[Li+]. The van der Waals surface area contributed by atoms with Gasteiger partial charge in [0.1, 0.15) is 10.1 Å². The fourth-order valence-corrected chi connectivity index (χ4v) is 1.33. The van der Waals surface area contributed by atoms with Crippen molar-refractivity contribution in [2.45, 2.75) is 18.1 Å². The number of cyclic esters (lactones) is 2. The molecule has 1 fully saturated rings. The molecule has 1 aliphatic heterocycles. The first kappa shape index (κ1) is 12.6. The topological polar surface area (TPSA) is 101 Å². The third-order valence-electron chi connectivity index (χ3n) is 1.67. The molecule has 68 valence electrons. The van der Waals surface area contributed by atoms with Crippen molar-refractivity contribution in [1.82, 2.24) is 0 Å². The second-order valence-electron chi connectivity index (χ2n) is 2.62. The second-order valence-corrected chi connectivity index (χ2v) is 4.43. The predicted molar refractivity (Wildman–Crippen MR) is 33.8 cm³/mol. The summed E-state index contributed by atoms with van der Waals surface area (Å²) in [5, 5.41) is 0. The largest absolute Gasteiger partial charge is 1.00 e. The molecule has 13 heavy (non-hydrogen) atoms. The van der Waals surface area contributed by atoms with Crippen molar-refractivity contribution in [3.05, 3.63) is 0 Å². The molecule has 1 rings (SSSR count). The number of carbonyl (C=O) groups excluding carboxylic acids is 2. The molecule has 6 nitrogen and oxygen atoms in total. The van der Waals surface area contributed by atoms with Crippen LogP contribution in [0, 0.1) is 0 Å². The van der Waals surface area contributed by atoms with Gasteiger partial charge in [-0.25, -0.2) is 13.2 Å². The Bertz CT molecular complexity index is 346. The van der Waals surface area contributed by atoms with E-state index in [1.54, 1.807) is 0 Å². The Morgan fingerprint density at radius 1 is 1.46 bits per heavy atom. The second kappa shape index (κ2) is 3.42. The Balaban J connectivity index is 0.00000144. The molecule has 1 aliphatic rings. The molecule has 1 atom stereocenters. The van der Waals surface area contributed by atoms with E-state index in [0.29, 0.717) is 0 Å². The maximum absolute atomic E-state index is 10.7. The number of esters is 2. The van der Waals surface area contributed by atoms with Crippen LogP contribution >= 0.6 is 0 Å². The van der Waals surface area contributed by atoms with Crippen molar-refractivity contribution >= 4 is 22.1 Å². The van der Waals surface area contributed by atoms with Crippen LogP contribution < -0.4 is 18.9 Å². The molecule has 8 heteroatoms. The Morgan fingerprint density at radius 2 is 1.92 bits per heavy atom. The zero-order valence-corrected chi connectivity index (χ0v) is 7.88. The Labute approximate surface area is 86.6 Å². The molecule has 0 aliphatic carbocycles. The van der Waals surface area contributed by atoms with Crippen LogP contribution in [0.3, 0.4) is 0 Å². The summed E-state index contributed by atoms with van der Waals surface area (Å²) in [4.78, 5) is 21.2. The molecule has 0 amide bonds. The maximum Gasteiger partial charge on any atom is 1.00 e. The Kier molecular flexibility index (Phi) is 3.33. The third-order valence-corrected chi connectivity index (χ3v) is 3.09. The summed E-state index contributed by atoms with van der Waals surface area (Å²) < 4.78 is 33.2. The average Bonchev–Trinajstić information content (AvgIpc) is 2.06. The van der Waals surface area contributed by atoms with Gasteiger partial charge in [0.25, 0.3) is 0 Å². The van der Waals surface area contributed by atoms with Crippen LogP contribution in [0.25, 0.3) is 0 Å². The zero-order chi connectivity index (χ0) is 9.57. The van der Waals surface area contributed by atoms with Gasteiger partial charge in [-0.1, -0.05) is 0 Å². The number of ether oxygens (including phenoxy) is 1. The van der Waals surface area contributed by atoms with E-state index in [1.165, 1.54) is 0 Å². The summed E-state index contributed by atoms with van der Waals surface area (Å²) in [5.74, 6) is -2.27. The van der Waals surface area contributed by atoms with Crippen molar-refractivity contribution in [3.63, 3.8) is 0 Å². The van der Waals surface area contributed by atoms with Crippen molar-refractivity contribution in [2.24, 2.45) is 0 Å². The molecule has 1 unspecified atom stereocenters. The van der Waals surface area contributed by atoms with Gasteiger partial charge >= 0.3 is 30.8 Å². The summed E-state index contributed by atoms with van der Waals surface area (Å²) in [6.45, 7) is 0.878. The van der Waals surface area contributed by atoms with Gasteiger partial charge in [-0.2, -0.15) is 0 Å². The zero-order valence-electron chi connectivity index (χ0n) is 7.06. The van der Waals surface area contributed by atoms with E-state index < -0.39 is 33.2 Å². The van der Waals surface area contributed by atoms with Crippen LogP contribution in [0.2, 0.25) is 0 Å². The molecule has 1 saturated heterocycles. The first-order valence-corrected chi connectivity index (χ1v) is 4.39. The smallest absolute Gasteiger partial charge is 0.747 e. The molecule has 0 radical (unpaired) electrons. The van der Waals surface area contributed by atoms with E-state index in [-0.39, 0.29) is 18.9 Å². The van der Waals surface area contributed by atoms with E-state index in [2.05, 4.69) is 4.74 Å². The number of hydrogen-bond donors (Lipinski definition) is 0. The van der Waals surface area contributed by atoms with Gasteiger partial charge in [-0.3, -0.25) is 4.79 Å². The minimum atomic E-state index is -4.83. The van der Waals surface area contributed by atoms with Gasteiger partial charge in [0.05, 0.1) is 6.42 Å². The molecule has 0 saturated carbocycles. The Morgan fingerprint density at radius 3 is 2.08 bits per heavy atom. The van der Waals surface area contributed by atoms with E-state index in [4.69, 9.17) is 0 Å². The minimum absolute atomic E-state index is 0. The van der Waals surface area contributed by atoms with E-state index in [1.807, 2.05) is 0 Å². The fourth-order valence-electron chi connectivity index (χ4n) is 0.785. The standard InChI is InChI=1S/C5H6O6S.Li/c1-5(12(8,9)10)2-3(6)11-4(5)7;/h2H2,1H3,(H,8,9,10);/q;+1/p-1. The monoisotopic (exact) mass is 200 g/mol. The van der Waals surface area contributed by atoms with Crippen molar-refractivity contribution in [1.29, 1.82) is 0 Å².